The van der Waals surface area contributed by atoms with Crippen LogP contribution >= 0.6 is 0 Å². The van der Waals surface area contributed by atoms with Gasteiger partial charge in [0.1, 0.15) is 11.3 Å². The molecule has 2 heterocycles. The van der Waals surface area contributed by atoms with Crippen LogP contribution in [0.4, 0.5) is 5.82 Å². The van der Waals surface area contributed by atoms with Crippen LogP contribution in [0.1, 0.15) is 45.0 Å². The largest absolute Gasteiger partial charge is 0.382 e. The fourth-order valence-corrected chi connectivity index (χ4v) is 3.26. The molecule has 0 aliphatic rings. The third kappa shape index (κ3) is 3.33. The summed E-state index contributed by atoms with van der Waals surface area (Å²) in [5.41, 5.74) is 16.3. The van der Waals surface area contributed by atoms with Crippen molar-refractivity contribution in [2.24, 2.45) is 11.1 Å². The molecule has 25 heavy (non-hydrogen) atoms. The fraction of sp³-hybridized carbons (Fsp3) is 0.500. The minimum absolute atomic E-state index is 0.0103. The zero-order valence-corrected chi connectivity index (χ0v) is 15.8. The first kappa shape index (κ1) is 17.7. The van der Waals surface area contributed by atoms with E-state index in [1.807, 2.05) is 0 Å². The van der Waals surface area contributed by atoms with Crippen LogP contribution in [0.3, 0.4) is 0 Å². The number of hydrogen-bond acceptors (Lipinski definition) is 4. The normalized spacial score (nSPS) is 12.4. The first-order chi connectivity index (χ1) is 11.9. The van der Waals surface area contributed by atoms with Gasteiger partial charge in [-0.2, -0.15) is 0 Å². The summed E-state index contributed by atoms with van der Waals surface area (Å²) in [7, 11) is 0. The molecule has 0 saturated heterocycles. The topological polar surface area (TPSA) is 82.8 Å². The second-order valence-electron chi connectivity index (χ2n) is 7.80. The molecule has 0 atom stereocenters. The van der Waals surface area contributed by atoms with Crippen LogP contribution in [0.2, 0.25) is 0 Å². The van der Waals surface area contributed by atoms with Crippen molar-refractivity contribution in [3.05, 3.63) is 29.6 Å². The lowest BCUT2D eigenvalue weighted by Gasteiger charge is -2.25. The van der Waals surface area contributed by atoms with E-state index in [2.05, 4.69) is 55.4 Å². The van der Waals surface area contributed by atoms with Gasteiger partial charge in [-0.15, -0.1) is 0 Å². The van der Waals surface area contributed by atoms with Gasteiger partial charge in [-0.05, 0) is 36.9 Å². The zero-order chi connectivity index (χ0) is 18.2. The van der Waals surface area contributed by atoms with Gasteiger partial charge >= 0.3 is 0 Å². The van der Waals surface area contributed by atoms with Gasteiger partial charge in [0, 0.05) is 18.4 Å². The molecule has 0 saturated carbocycles. The second kappa shape index (κ2) is 6.64. The highest BCUT2D eigenvalue weighted by Gasteiger charge is 2.23. The van der Waals surface area contributed by atoms with E-state index in [4.69, 9.17) is 16.5 Å². The van der Waals surface area contributed by atoms with E-state index in [1.54, 1.807) is 0 Å². The van der Waals surface area contributed by atoms with Gasteiger partial charge in [0.2, 0.25) is 0 Å². The third-order valence-corrected chi connectivity index (χ3v) is 4.83. The highest BCUT2D eigenvalue weighted by atomic mass is 15.1. The molecule has 0 aliphatic heterocycles. The lowest BCUT2D eigenvalue weighted by Crippen LogP contribution is -2.29. The summed E-state index contributed by atoms with van der Waals surface area (Å²) in [6, 6.07) is 6.34. The number of fused-ring (bicyclic) bond motifs is 3. The van der Waals surface area contributed by atoms with Gasteiger partial charge in [0.05, 0.1) is 11.0 Å². The molecule has 3 aromatic rings. The molecular weight excluding hydrogens is 310 g/mol. The number of anilines is 1. The van der Waals surface area contributed by atoms with E-state index in [1.165, 1.54) is 5.56 Å². The Morgan fingerprint density at radius 3 is 2.64 bits per heavy atom. The number of unbranched alkanes of at least 4 members (excludes halogenated alkanes) is 1. The molecule has 0 unspecified atom stereocenters. The summed E-state index contributed by atoms with van der Waals surface area (Å²) in [5, 5.41) is 1.11. The zero-order valence-electron chi connectivity index (χ0n) is 15.8. The SMILES string of the molecule is CCCCc1nc2c(N)nc3cc(C)ccc3c2n1CC(C)(C)CN. The van der Waals surface area contributed by atoms with Gasteiger partial charge in [-0.3, -0.25) is 0 Å². The van der Waals surface area contributed by atoms with Crippen molar-refractivity contribution in [3.63, 3.8) is 0 Å². The van der Waals surface area contributed by atoms with E-state index in [9.17, 15) is 0 Å². The Hall–Kier alpha value is -2.14. The number of nitrogens with two attached hydrogens (primary N) is 2. The summed E-state index contributed by atoms with van der Waals surface area (Å²) >= 11 is 0. The molecule has 5 nitrogen and oxygen atoms in total. The Morgan fingerprint density at radius 1 is 1.20 bits per heavy atom. The lowest BCUT2D eigenvalue weighted by molar-refractivity contribution is 0.317. The van der Waals surface area contributed by atoms with Crippen molar-refractivity contribution in [1.82, 2.24) is 14.5 Å². The molecule has 134 valence electrons. The third-order valence-electron chi connectivity index (χ3n) is 4.83. The number of pyridine rings is 1. The van der Waals surface area contributed by atoms with Crippen molar-refractivity contribution in [1.29, 1.82) is 0 Å². The summed E-state index contributed by atoms with van der Waals surface area (Å²) in [4.78, 5) is 9.47. The van der Waals surface area contributed by atoms with E-state index in [0.29, 0.717) is 12.4 Å². The average molecular weight is 339 g/mol. The van der Waals surface area contributed by atoms with Crippen molar-refractivity contribution in [2.75, 3.05) is 12.3 Å². The standard InChI is InChI=1S/C20H29N5/c1-5-6-7-16-24-17-18(25(16)12-20(3,4)11-21)14-9-8-13(2)10-15(14)23-19(17)22/h8-10H,5-7,11-12,21H2,1-4H3,(H2,22,23). The highest BCUT2D eigenvalue weighted by molar-refractivity contribution is 6.06. The Labute approximate surface area is 149 Å². The maximum Gasteiger partial charge on any atom is 0.152 e. The number of imidazole rings is 1. The predicted molar refractivity (Wildman–Crippen MR) is 106 cm³/mol. The van der Waals surface area contributed by atoms with Gasteiger partial charge in [0.25, 0.3) is 0 Å². The molecule has 4 N–H and O–H groups in total. The maximum absolute atomic E-state index is 6.27. The average Bonchev–Trinajstić information content (AvgIpc) is 2.91. The molecule has 1 aromatic carbocycles. The number of rotatable bonds is 6. The van der Waals surface area contributed by atoms with Crippen molar-refractivity contribution < 1.29 is 0 Å². The summed E-state index contributed by atoms with van der Waals surface area (Å²) < 4.78 is 2.33. The van der Waals surface area contributed by atoms with E-state index >= 15 is 0 Å². The van der Waals surface area contributed by atoms with Gasteiger partial charge < -0.3 is 16.0 Å². The van der Waals surface area contributed by atoms with Crippen LogP contribution < -0.4 is 11.5 Å². The van der Waals surface area contributed by atoms with Crippen molar-refractivity contribution >= 4 is 27.8 Å². The molecule has 0 radical (unpaired) electrons. The molecule has 0 fully saturated rings. The highest BCUT2D eigenvalue weighted by Crippen LogP contribution is 2.32. The summed E-state index contributed by atoms with van der Waals surface area (Å²) in [5.74, 6) is 1.59. The number of hydrogen-bond donors (Lipinski definition) is 2. The summed E-state index contributed by atoms with van der Waals surface area (Å²) in [6.07, 6.45) is 3.19. The number of aryl methyl sites for hydroxylation is 2. The first-order valence-corrected chi connectivity index (χ1v) is 9.11. The Bertz CT molecular complexity index is 907. The van der Waals surface area contributed by atoms with Crippen molar-refractivity contribution in [3.8, 4) is 0 Å². The molecule has 0 bridgehead atoms. The number of benzene rings is 1. The molecule has 5 heteroatoms. The molecule has 3 rings (SSSR count). The fourth-order valence-electron chi connectivity index (χ4n) is 3.26. The Morgan fingerprint density at radius 2 is 1.96 bits per heavy atom. The molecule has 2 aromatic heterocycles. The Kier molecular flexibility index (Phi) is 4.69. The van der Waals surface area contributed by atoms with E-state index in [0.717, 1.165) is 53.6 Å². The molecular formula is C20H29N5. The smallest absolute Gasteiger partial charge is 0.152 e. The second-order valence-corrected chi connectivity index (χ2v) is 7.80. The minimum Gasteiger partial charge on any atom is -0.382 e. The maximum atomic E-state index is 6.27. The van der Waals surface area contributed by atoms with E-state index < -0.39 is 0 Å². The number of nitrogen functional groups attached to an aromatic ring is 1. The monoisotopic (exact) mass is 339 g/mol. The van der Waals surface area contributed by atoms with Gasteiger partial charge in [-0.1, -0.05) is 39.3 Å². The van der Waals surface area contributed by atoms with Gasteiger partial charge in [-0.25, -0.2) is 9.97 Å². The molecule has 0 spiro atoms. The predicted octanol–water partition coefficient (Wildman–Crippen LogP) is 3.80. The summed E-state index contributed by atoms with van der Waals surface area (Å²) in [6.45, 7) is 10.1. The lowest BCUT2D eigenvalue weighted by atomic mass is 9.93. The number of nitrogens with zero attached hydrogens (tertiary/aromatic N) is 3. The van der Waals surface area contributed by atoms with Crippen LogP contribution in [0.5, 0.6) is 0 Å². The van der Waals surface area contributed by atoms with Crippen LogP contribution in [-0.4, -0.2) is 21.1 Å². The van der Waals surface area contributed by atoms with Gasteiger partial charge in [0.15, 0.2) is 5.82 Å². The van der Waals surface area contributed by atoms with E-state index in [-0.39, 0.29) is 5.41 Å². The number of aromatic nitrogens is 3. The molecule has 0 amide bonds. The molecule has 0 aliphatic carbocycles. The first-order valence-electron chi connectivity index (χ1n) is 9.11. The van der Waals surface area contributed by atoms with Crippen LogP contribution in [0.25, 0.3) is 21.9 Å². The van der Waals surface area contributed by atoms with Crippen LogP contribution in [0.15, 0.2) is 18.2 Å². The van der Waals surface area contributed by atoms with Crippen LogP contribution in [-0.2, 0) is 13.0 Å². The van der Waals surface area contributed by atoms with Crippen LogP contribution in [0, 0.1) is 12.3 Å². The Balaban J connectivity index is 2.32. The quantitative estimate of drug-likeness (QED) is 0.715. The minimum atomic E-state index is -0.0103. The van der Waals surface area contributed by atoms with Crippen molar-refractivity contribution in [2.45, 2.75) is 53.5 Å².